The summed E-state index contributed by atoms with van der Waals surface area (Å²) in [6.45, 7) is 1.44. The van der Waals surface area contributed by atoms with Gasteiger partial charge in [-0.25, -0.2) is 9.97 Å². The van der Waals surface area contributed by atoms with Gasteiger partial charge >= 0.3 is 6.18 Å². The van der Waals surface area contributed by atoms with E-state index in [-0.39, 0.29) is 61.4 Å². The summed E-state index contributed by atoms with van der Waals surface area (Å²) in [4.78, 5) is 9.03. The molecular weight excluding hydrogens is 644 g/mol. The van der Waals surface area contributed by atoms with Crippen molar-refractivity contribution in [2.75, 3.05) is 18.4 Å². The Kier molecular flexibility index (Phi) is 7.37. The molecule has 10 heteroatoms. The largest absolute Gasteiger partial charge is 0.662 e. The molecule has 6 nitrogen and oxygen atoms in total. The van der Waals surface area contributed by atoms with E-state index < -0.39 is 11.7 Å². The Hall–Kier alpha value is -2.02. The third-order valence-electron chi connectivity index (χ3n) is 5.63. The summed E-state index contributed by atoms with van der Waals surface area (Å²) in [5, 5.41) is 15.7. The summed E-state index contributed by atoms with van der Waals surface area (Å²) < 4.78 is 41.0. The SMILES string of the molecule is FC(F)(F)c1ccccc1-c1nc(Nc2n[nH]c3ccccc23)cc(C2CC[N-]CC2)n1.[Ac]. The first-order chi connectivity index (χ1) is 15.5. The molecule has 0 unspecified atom stereocenters. The molecule has 0 amide bonds. The van der Waals surface area contributed by atoms with E-state index in [1.807, 2.05) is 24.3 Å². The van der Waals surface area contributed by atoms with Crippen molar-refractivity contribution in [2.45, 2.75) is 24.9 Å². The van der Waals surface area contributed by atoms with Gasteiger partial charge in [-0.3, -0.25) is 5.10 Å². The van der Waals surface area contributed by atoms with Crippen LogP contribution in [0.3, 0.4) is 0 Å². The van der Waals surface area contributed by atoms with Crippen LogP contribution in [0.15, 0.2) is 54.6 Å². The van der Waals surface area contributed by atoms with Crippen LogP contribution < -0.4 is 5.32 Å². The predicted molar refractivity (Wildman–Crippen MR) is 117 cm³/mol. The van der Waals surface area contributed by atoms with E-state index in [0.717, 1.165) is 42.9 Å². The Morgan fingerprint density at radius 2 is 1.70 bits per heavy atom. The summed E-state index contributed by atoms with van der Waals surface area (Å²) in [5.74, 6) is 1.12. The van der Waals surface area contributed by atoms with Crippen LogP contribution in [0.5, 0.6) is 0 Å². The number of rotatable bonds is 4. The quantitative estimate of drug-likeness (QED) is 0.279. The van der Waals surface area contributed by atoms with Crippen LogP contribution in [-0.4, -0.2) is 33.3 Å². The summed E-state index contributed by atoms with van der Waals surface area (Å²) in [5.41, 5.74) is 0.759. The van der Waals surface area contributed by atoms with Gasteiger partial charge in [0.05, 0.1) is 11.1 Å². The molecule has 1 radical (unpaired) electrons. The number of fused-ring (bicyclic) bond motifs is 1. The van der Waals surface area contributed by atoms with E-state index >= 15 is 0 Å². The normalized spacial score (nSPS) is 14.8. The number of anilines is 2. The van der Waals surface area contributed by atoms with Crippen molar-refractivity contribution in [1.82, 2.24) is 20.2 Å². The van der Waals surface area contributed by atoms with E-state index in [9.17, 15) is 13.2 Å². The smallest absolute Gasteiger partial charge is 0.417 e. The summed E-state index contributed by atoms with van der Waals surface area (Å²) in [7, 11) is 0. The fourth-order valence-corrected chi connectivity index (χ4v) is 4.01. The van der Waals surface area contributed by atoms with Gasteiger partial charge in [0, 0.05) is 66.8 Å². The Morgan fingerprint density at radius 1 is 0.970 bits per heavy atom. The van der Waals surface area contributed by atoms with E-state index in [4.69, 9.17) is 0 Å². The summed E-state index contributed by atoms with van der Waals surface area (Å²) in [6.07, 6.45) is -2.89. The first kappa shape index (κ1) is 24.1. The number of piperidine rings is 1. The van der Waals surface area contributed by atoms with Gasteiger partial charge in [-0.15, -0.1) is 13.1 Å². The molecule has 2 aromatic carbocycles. The summed E-state index contributed by atoms with van der Waals surface area (Å²) in [6, 6.07) is 14.8. The standard InChI is InChI=1S/C23H20F3N6.Ac/c24-23(25,26)17-7-3-1-5-15(17)21-28-19(14-9-11-27-12-10-14)13-20(29-21)30-22-16-6-2-4-8-18(16)31-32-22;/h1-8,13-14H,9-12H2,(H2,28,29,30,31,32);/q-1;. The number of para-hydroxylation sites is 1. The number of benzene rings is 2. The number of H-pyrrole nitrogens is 1. The molecule has 4 aromatic rings. The molecule has 1 saturated heterocycles. The van der Waals surface area contributed by atoms with Gasteiger partial charge in [0.1, 0.15) is 5.82 Å². The maximum Gasteiger partial charge on any atom is 0.417 e. The van der Waals surface area contributed by atoms with Crippen molar-refractivity contribution in [3.63, 3.8) is 0 Å². The molecule has 2 aromatic heterocycles. The molecular formula is C23H20AcF3N6-. The maximum atomic E-state index is 13.7. The van der Waals surface area contributed by atoms with Crippen molar-refractivity contribution in [3.8, 4) is 11.4 Å². The molecule has 1 aliphatic rings. The number of hydrogen-bond donors (Lipinski definition) is 2. The molecule has 167 valence electrons. The molecule has 0 spiro atoms. The average molecular weight is 664 g/mol. The number of halogens is 3. The molecule has 2 N–H and O–H groups in total. The molecule has 3 heterocycles. The molecule has 0 atom stereocenters. The van der Waals surface area contributed by atoms with Crippen molar-refractivity contribution >= 4 is 22.5 Å². The number of alkyl halides is 3. The van der Waals surface area contributed by atoms with Crippen LogP contribution in [0, 0.1) is 44.1 Å². The maximum absolute atomic E-state index is 13.7. The Balaban J connectivity index is 0.00000259. The number of nitrogens with zero attached hydrogens (tertiary/aromatic N) is 4. The van der Waals surface area contributed by atoms with Gasteiger partial charge in [-0.2, -0.15) is 18.3 Å². The van der Waals surface area contributed by atoms with Gasteiger partial charge in [0.2, 0.25) is 0 Å². The van der Waals surface area contributed by atoms with Gasteiger partial charge in [-0.05, 0) is 24.1 Å². The number of hydrogen-bond acceptors (Lipinski definition) is 4. The third-order valence-corrected chi connectivity index (χ3v) is 5.63. The van der Waals surface area contributed by atoms with E-state index in [0.29, 0.717) is 17.3 Å². The molecule has 0 bridgehead atoms. The molecule has 1 aliphatic heterocycles. The van der Waals surface area contributed by atoms with Crippen molar-refractivity contribution in [2.24, 2.45) is 0 Å². The van der Waals surface area contributed by atoms with Crippen LogP contribution >= 0.6 is 0 Å². The van der Waals surface area contributed by atoms with Crippen LogP contribution in [0.4, 0.5) is 24.8 Å². The van der Waals surface area contributed by atoms with Gasteiger partial charge in [-0.1, -0.05) is 43.2 Å². The predicted octanol–water partition coefficient (Wildman–Crippen LogP) is 6.03. The molecule has 0 saturated carbocycles. The van der Waals surface area contributed by atoms with E-state index in [1.54, 1.807) is 12.1 Å². The Labute approximate surface area is 224 Å². The van der Waals surface area contributed by atoms with Crippen LogP contribution in [0.2, 0.25) is 0 Å². The average Bonchev–Trinajstić information content (AvgIpc) is 3.22. The monoisotopic (exact) mass is 664 g/mol. The minimum Gasteiger partial charge on any atom is -0.662 e. The minimum absolute atomic E-state index is 0. The summed E-state index contributed by atoms with van der Waals surface area (Å²) >= 11 is 0. The number of nitrogens with one attached hydrogen (secondary N) is 2. The zero-order valence-electron chi connectivity index (χ0n) is 17.6. The van der Waals surface area contributed by atoms with Gasteiger partial charge in [0.25, 0.3) is 0 Å². The minimum atomic E-state index is -4.51. The van der Waals surface area contributed by atoms with Crippen molar-refractivity contribution < 1.29 is 57.2 Å². The number of aromatic nitrogens is 4. The fraction of sp³-hybridized carbons (Fsp3) is 0.261. The fourth-order valence-electron chi connectivity index (χ4n) is 4.01. The third kappa shape index (κ3) is 5.23. The molecule has 0 aliphatic carbocycles. The Morgan fingerprint density at radius 3 is 2.48 bits per heavy atom. The van der Waals surface area contributed by atoms with Gasteiger partial charge < -0.3 is 10.6 Å². The topological polar surface area (TPSA) is 80.6 Å². The molecule has 1 fully saturated rings. The van der Waals surface area contributed by atoms with Crippen molar-refractivity contribution in [3.05, 3.63) is 71.2 Å². The zero-order valence-corrected chi connectivity index (χ0v) is 22.3. The molecule has 33 heavy (non-hydrogen) atoms. The second-order valence-corrected chi connectivity index (χ2v) is 7.73. The van der Waals surface area contributed by atoms with Crippen LogP contribution in [0.25, 0.3) is 27.6 Å². The first-order valence-corrected chi connectivity index (χ1v) is 10.4. The zero-order chi connectivity index (χ0) is 22.1. The van der Waals surface area contributed by atoms with Crippen molar-refractivity contribution in [1.29, 1.82) is 0 Å². The van der Waals surface area contributed by atoms with Crippen LogP contribution in [-0.2, 0) is 6.18 Å². The second-order valence-electron chi connectivity index (χ2n) is 7.73. The van der Waals surface area contributed by atoms with E-state index in [1.165, 1.54) is 12.1 Å². The second kappa shape index (κ2) is 10.1. The van der Waals surface area contributed by atoms with E-state index in [2.05, 4.69) is 30.8 Å². The Bertz CT molecular complexity index is 1250. The molecule has 5 rings (SSSR count). The first-order valence-electron chi connectivity index (χ1n) is 10.4. The number of aromatic amines is 1. The van der Waals surface area contributed by atoms with Crippen LogP contribution in [0.1, 0.15) is 30.0 Å². The van der Waals surface area contributed by atoms with Gasteiger partial charge in [0.15, 0.2) is 11.6 Å².